The van der Waals surface area contributed by atoms with Gasteiger partial charge in [0, 0.05) is 55.9 Å². The van der Waals surface area contributed by atoms with Crippen LogP contribution in [-0.2, 0) is 13.1 Å². The van der Waals surface area contributed by atoms with Crippen LogP contribution in [-0.4, -0.2) is 47.8 Å². The molecule has 2 aliphatic rings. The number of nitrogens with zero attached hydrogens (tertiary/aromatic N) is 2. The Kier molecular flexibility index (Phi) is 5.20. The summed E-state index contributed by atoms with van der Waals surface area (Å²) in [4.78, 5) is 21.6. The SMILES string of the molecule is Cc1cc(C)c2[nH]c(C)c(CN3CCN(Cc4ccc5c(c4)OCO5)CC3)c(=O)c2c1. The molecular formula is C25H29N3O3. The molecule has 162 valence electrons. The highest BCUT2D eigenvalue weighted by atomic mass is 16.7. The highest BCUT2D eigenvalue weighted by Gasteiger charge is 2.21. The first-order valence-electron chi connectivity index (χ1n) is 10.9. The molecule has 1 aromatic heterocycles. The van der Waals surface area contributed by atoms with Crippen LogP contribution in [0, 0.1) is 20.8 Å². The van der Waals surface area contributed by atoms with Gasteiger partial charge in [-0.25, -0.2) is 0 Å². The van der Waals surface area contributed by atoms with Gasteiger partial charge in [0.1, 0.15) is 0 Å². The second-order valence-electron chi connectivity index (χ2n) is 8.80. The monoisotopic (exact) mass is 419 g/mol. The Morgan fingerprint density at radius 3 is 2.39 bits per heavy atom. The van der Waals surface area contributed by atoms with Crippen molar-refractivity contribution in [2.45, 2.75) is 33.9 Å². The van der Waals surface area contributed by atoms with Gasteiger partial charge in [-0.1, -0.05) is 12.1 Å². The van der Waals surface area contributed by atoms with Crippen LogP contribution in [0.4, 0.5) is 0 Å². The molecule has 6 nitrogen and oxygen atoms in total. The number of aromatic nitrogens is 1. The minimum absolute atomic E-state index is 0.167. The maximum atomic E-state index is 13.2. The lowest BCUT2D eigenvalue weighted by Crippen LogP contribution is -2.46. The van der Waals surface area contributed by atoms with Gasteiger partial charge >= 0.3 is 0 Å². The molecule has 2 aromatic carbocycles. The van der Waals surface area contributed by atoms with E-state index in [-0.39, 0.29) is 5.43 Å². The Morgan fingerprint density at radius 2 is 1.61 bits per heavy atom. The van der Waals surface area contributed by atoms with Crippen molar-refractivity contribution in [1.29, 1.82) is 0 Å². The van der Waals surface area contributed by atoms with E-state index in [4.69, 9.17) is 9.47 Å². The van der Waals surface area contributed by atoms with E-state index in [0.29, 0.717) is 13.3 Å². The first-order valence-corrected chi connectivity index (χ1v) is 10.9. The quantitative estimate of drug-likeness (QED) is 0.702. The molecule has 0 bridgehead atoms. The van der Waals surface area contributed by atoms with Crippen molar-refractivity contribution >= 4 is 10.9 Å². The summed E-state index contributed by atoms with van der Waals surface area (Å²) in [6, 6.07) is 10.3. The van der Waals surface area contributed by atoms with Gasteiger partial charge in [0.05, 0.1) is 5.52 Å². The van der Waals surface area contributed by atoms with Gasteiger partial charge in [-0.15, -0.1) is 0 Å². The molecule has 1 N–H and O–H groups in total. The molecule has 0 amide bonds. The normalized spacial score (nSPS) is 16.9. The van der Waals surface area contributed by atoms with Gasteiger partial charge in [0.2, 0.25) is 6.79 Å². The van der Waals surface area contributed by atoms with Crippen molar-refractivity contribution in [3.05, 3.63) is 68.5 Å². The van der Waals surface area contributed by atoms with Gasteiger partial charge in [-0.2, -0.15) is 0 Å². The Balaban J connectivity index is 1.26. The molecular weight excluding hydrogens is 390 g/mol. The van der Waals surface area contributed by atoms with E-state index in [1.807, 2.05) is 26.0 Å². The van der Waals surface area contributed by atoms with Gasteiger partial charge in [-0.05, 0) is 55.7 Å². The summed E-state index contributed by atoms with van der Waals surface area (Å²) in [5.41, 5.74) is 6.49. The van der Waals surface area contributed by atoms with Crippen molar-refractivity contribution in [3.63, 3.8) is 0 Å². The van der Waals surface area contributed by atoms with Crippen LogP contribution in [0.25, 0.3) is 10.9 Å². The van der Waals surface area contributed by atoms with Crippen LogP contribution < -0.4 is 14.9 Å². The van der Waals surface area contributed by atoms with E-state index >= 15 is 0 Å². The van der Waals surface area contributed by atoms with E-state index in [0.717, 1.165) is 77.5 Å². The Morgan fingerprint density at radius 1 is 0.903 bits per heavy atom. The summed E-state index contributed by atoms with van der Waals surface area (Å²) in [6.07, 6.45) is 0. The third-order valence-electron chi connectivity index (χ3n) is 6.45. The first-order chi connectivity index (χ1) is 15.0. The van der Waals surface area contributed by atoms with Crippen LogP contribution >= 0.6 is 0 Å². The number of fused-ring (bicyclic) bond motifs is 2. The third kappa shape index (κ3) is 3.93. The summed E-state index contributed by atoms with van der Waals surface area (Å²) in [7, 11) is 0. The molecule has 0 atom stereocenters. The molecule has 5 rings (SSSR count). The zero-order valence-electron chi connectivity index (χ0n) is 18.5. The molecule has 1 saturated heterocycles. The minimum atomic E-state index is 0.167. The average molecular weight is 420 g/mol. The zero-order chi connectivity index (χ0) is 21.5. The molecule has 0 saturated carbocycles. The summed E-state index contributed by atoms with van der Waals surface area (Å²) < 4.78 is 10.9. The number of pyridine rings is 1. The summed E-state index contributed by atoms with van der Waals surface area (Å²) in [5, 5.41) is 0.805. The van der Waals surface area contributed by atoms with Crippen LogP contribution in [0.5, 0.6) is 11.5 Å². The minimum Gasteiger partial charge on any atom is -0.454 e. The van der Waals surface area contributed by atoms with Gasteiger partial charge in [0.25, 0.3) is 0 Å². The Bertz CT molecular complexity index is 1190. The number of ether oxygens (including phenoxy) is 2. The van der Waals surface area contributed by atoms with Crippen molar-refractivity contribution in [1.82, 2.24) is 14.8 Å². The molecule has 0 aliphatic carbocycles. The lowest BCUT2D eigenvalue weighted by Gasteiger charge is -2.34. The number of hydrogen-bond donors (Lipinski definition) is 1. The molecule has 0 spiro atoms. The van der Waals surface area contributed by atoms with Crippen molar-refractivity contribution in [3.8, 4) is 11.5 Å². The van der Waals surface area contributed by atoms with E-state index in [1.54, 1.807) is 0 Å². The second-order valence-corrected chi connectivity index (χ2v) is 8.80. The van der Waals surface area contributed by atoms with Crippen LogP contribution in [0.3, 0.4) is 0 Å². The number of H-pyrrole nitrogens is 1. The highest BCUT2D eigenvalue weighted by Crippen LogP contribution is 2.32. The molecule has 0 radical (unpaired) electrons. The van der Waals surface area contributed by atoms with Crippen LogP contribution in [0.15, 0.2) is 35.1 Å². The summed E-state index contributed by atoms with van der Waals surface area (Å²) >= 11 is 0. The van der Waals surface area contributed by atoms with E-state index < -0.39 is 0 Å². The highest BCUT2D eigenvalue weighted by molar-refractivity contribution is 5.83. The van der Waals surface area contributed by atoms with Gasteiger partial charge in [0.15, 0.2) is 16.9 Å². The fraction of sp³-hybridized carbons (Fsp3) is 0.400. The maximum absolute atomic E-state index is 13.2. The Hall–Kier alpha value is -2.83. The molecule has 6 heteroatoms. The summed E-state index contributed by atoms with van der Waals surface area (Å²) in [6.45, 7) is 11.9. The number of rotatable bonds is 4. The number of piperazine rings is 1. The molecule has 3 aromatic rings. The lowest BCUT2D eigenvalue weighted by molar-refractivity contribution is 0.121. The zero-order valence-corrected chi connectivity index (χ0v) is 18.5. The van der Waals surface area contributed by atoms with Crippen molar-refractivity contribution in [2.24, 2.45) is 0 Å². The van der Waals surface area contributed by atoms with Gasteiger partial charge < -0.3 is 14.5 Å². The average Bonchev–Trinajstić information content (AvgIpc) is 3.21. The standard InChI is InChI=1S/C25H29N3O3/c1-16-10-17(2)24-20(11-16)25(29)21(18(3)26-24)14-28-8-6-27(7-9-28)13-19-4-5-22-23(12-19)31-15-30-22/h4-5,10-12H,6-9,13-15H2,1-3H3,(H,26,29). The molecule has 3 heterocycles. The largest absolute Gasteiger partial charge is 0.454 e. The topological polar surface area (TPSA) is 57.8 Å². The fourth-order valence-electron chi connectivity index (χ4n) is 4.73. The summed E-state index contributed by atoms with van der Waals surface area (Å²) in [5.74, 6) is 1.67. The molecule has 2 aliphatic heterocycles. The van der Waals surface area contributed by atoms with Crippen molar-refractivity contribution in [2.75, 3.05) is 33.0 Å². The number of aryl methyl sites for hydroxylation is 3. The Labute approximate surface area is 182 Å². The van der Waals surface area contributed by atoms with E-state index in [2.05, 4.69) is 39.9 Å². The number of hydrogen-bond acceptors (Lipinski definition) is 5. The molecule has 31 heavy (non-hydrogen) atoms. The first kappa shape index (κ1) is 20.1. The number of aromatic amines is 1. The second kappa shape index (κ2) is 8.02. The van der Waals surface area contributed by atoms with E-state index in [1.165, 1.54) is 5.56 Å². The number of nitrogens with one attached hydrogen (secondary N) is 1. The fourth-order valence-corrected chi connectivity index (χ4v) is 4.73. The number of benzene rings is 2. The van der Waals surface area contributed by atoms with Crippen LogP contribution in [0.1, 0.15) is 27.9 Å². The van der Waals surface area contributed by atoms with E-state index in [9.17, 15) is 4.79 Å². The smallest absolute Gasteiger partial charge is 0.231 e. The maximum Gasteiger partial charge on any atom is 0.231 e. The van der Waals surface area contributed by atoms with Crippen LogP contribution in [0.2, 0.25) is 0 Å². The van der Waals surface area contributed by atoms with Crippen molar-refractivity contribution < 1.29 is 9.47 Å². The third-order valence-corrected chi connectivity index (χ3v) is 6.45. The lowest BCUT2D eigenvalue weighted by atomic mass is 10.0. The molecule has 1 fully saturated rings. The predicted octanol–water partition coefficient (Wildman–Crippen LogP) is 3.50. The van der Waals surface area contributed by atoms with Gasteiger partial charge in [-0.3, -0.25) is 14.6 Å². The predicted molar refractivity (Wildman–Crippen MR) is 122 cm³/mol. The molecule has 0 unspecified atom stereocenters.